The second-order valence-corrected chi connectivity index (χ2v) is 4.27. The van der Waals surface area contributed by atoms with Crippen LogP contribution < -0.4 is 5.32 Å². The van der Waals surface area contributed by atoms with Crippen molar-refractivity contribution in [3.05, 3.63) is 17.1 Å². The molecule has 1 fully saturated rings. The molecule has 0 spiro atoms. The molecule has 16 heavy (non-hydrogen) atoms. The monoisotopic (exact) mass is 224 g/mol. The average Bonchev–Trinajstić information content (AvgIpc) is 2.29. The van der Waals surface area contributed by atoms with Crippen LogP contribution in [0.25, 0.3) is 0 Å². The quantitative estimate of drug-likeness (QED) is 0.585. The molecule has 88 valence electrons. The normalized spacial score (nSPS) is 18.6. The number of hydrogen-bond donors (Lipinski definition) is 1. The molecule has 1 rings (SSSR count). The van der Waals surface area contributed by atoms with E-state index in [9.17, 15) is 14.5 Å². The van der Waals surface area contributed by atoms with E-state index in [1.54, 1.807) is 6.92 Å². The summed E-state index contributed by atoms with van der Waals surface area (Å²) in [5, 5.41) is 5.06. The third kappa shape index (κ3) is 2.53. The van der Waals surface area contributed by atoms with Gasteiger partial charge >= 0.3 is 5.91 Å². The van der Waals surface area contributed by atoms with Crippen LogP contribution in [0.4, 0.5) is 0 Å². The lowest BCUT2D eigenvalue weighted by molar-refractivity contribution is -0.131. The third-order valence-electron chi connectivity index (χ3n) is 2.94. The van der Waals surface area contributed by atoms with Crippen LogP contribution in [0.1, 0.15) is 39.0 Å². The predicted octanol–water partition coefficient (Wildman–Crippen LogP) is 1.67. The lowest BCUT2D eigenvalue weighted by atomic mass is 9.81. The SMILES string of the molecule is C=C(C)C(=O)NC1(C(=O)N=O)CCCCC1. The summed E-state index contributed by atoms with van der Waals surface area (Å²) in [5.41, 5.74) is -0.764. The van der Waals surface area contributed by atoms with Gasteiger partial charge < -0.3 is 5.32 Å². The largest absolute Gasteiger partial charge is 0.338 e. The average molecular weight is 224 g/mol. The maximum absolute atomic E-state index is 11.5. The van der Waals surface area contributed by atoms with Crippen LogP contribution in [-0.2, 0) is 9.59 Å². The Morgan fingerprint density at radius 3 is 2.25 bits per heavy atom. The van der Waals surface area contributed by atoms with Crippen molar-refractivity contribution in [2.75, 3.05) is 0 Å². The number of hydrogen-bond acceptors (Lipinski definition) is 3. The van der Waals surface area contributed by atoms with Crippen LogP contribution in [-0.4, -0.2) is 17.4 Å². The number of carbonyl (C=O) groups is 2. The number of nitroso groups, excluding NO2 is 1. The molecule has 0 aromatic rings. The van der Waals surface area contributed by atoms with E-state index in [4.69, 9.17) is 0 Å². The van der Waals surface area contributed by atoms with E-state index >= 15 is 0 Å². The fourth-order valence-electron chi connectivity index (χ4n) is 1.96. The lowest BCUT2D eigenvalue weighted by Crippen LogP contribution is -2.55. The summed E-state index contributed by atoms with van der Waals surface area (Å²) in [4.78, 5) is 33.4. The third-order valence-corrected chi connectivity index (χ3v) is 2.94. The van der Waals surface area contributed by atoms with Gasteiger partial charge in [-0.3, -0.25) is 9.59 Å². The lowest BCUT2D eigenvalue weighted by Gasteiger charge is -2.34. The minimum atomic E-state index is -1.09. The molecule has 0 aromatic carbocycles. The predicted molar refractivity (Wildman–Crippen MR) is 59.6 cm³/mol. The van der Waals surface area contributed by atoms with Crippen molar-refractivity contribution in [2.45, 2.75) is 44.6 Å². The standard InChI is InChI=1S/C11H16N2O3/c1-8(2)9(14)12-11(10(15)13-16)6-4-3-5-7-11/h1,3-7H2,2H3,(H,12,14). The van der Waals surface area contributed by atoms with E-state index in [1.165, 1.54) is 0 Å². The van der Waals surface area contributed by atoms with Crippen LogP contribution in [0, 0.1) is 4.91 Å². The van der Waals surface area contributed by atoms with Crippen molar-refractivity contribution < 1.29 is 9.59 Å². The van der Waals surface area contributed by atoms with E-state index in [2.05, 4.69) is 17.1 Å². The van der Waals surface area contributed by atoms with Crippen molar-refractivity contribution in [3.8, 4) is 0 Å². The van der Waals surface area contributed by atoms with Gasteiger partial charge in [0.05, 0.1) is 0 Å². The molecule has 0 aliphatic heterocycles. The molecule has 1 aliphatic carbocycles. The second kappa shape index (κ2) is 5.01. The van der Waals surface area contributed by atoms with Gasteiger partial charge in [-0.25, -0.2) is 0 Å². The van der Waals surface area contributed by atoms with Crippen molar-refractivity contribution >= 4 is 11.8 Å². The van der Waals surface area contributed by atoms with Gasteiger partial charge in [0.15, 0.2) is 0 Å². The molecule has 5 nitrogen and oxygen atoms in total. The molecule has 0 bridgehead atoms. The highest BCUT2D eigenvalue weighted by molar-refractivity contribution is 5.98. The molecule has 2 amide bonds. The molecule has 1 N–H and O–H groups in total. The Morgan fingerprint density at radius 2 is 1.81 bits per heavy atom. The van der Waals surface area contributed by atoms with Gasteiger partial charge in [0.1, 0.15) is 5.54 Å². The highest BCUT2D eigenvalue weighted by Crippen LogP contribution is 2.29. The van der Waals surface area contributed by atoms with Gasteiger partial charge in [-0.1, -0.05) is 25.8 Å². The molecule has 5 heteroatoms. The van der Waals surface area contributed by atoms with E-state index in [0.29, 0.717) is 18.4 Å². The Bertz CT molecular complexity index is 330. The van der Waals surface area contributed by atoms with Gasteiger partial charge in [0.2, 0.25) is 5.91 Å². The summed E-state index contributed by atoms with van der Waals surface area (Å²) in [6, 6.07) is 0. The fourth-order valence-corrected chi connectivity index (χ4v) is 1.96. The topological polar surface area (TPSA) is 75.6 Å². The van der Waals surface area contributed by atoms with Crippen LogP contribution in [0.3, 0.4) is 0 Å². The molecular formula is C11H16N2O3. The van der Waals surface area contributed by atoms with Gasteiger partial charge in [-0.15, -0.1) is 4.91 Å². The molecule has 0 atom stereocenters. The minimum absolute atomic E-state index is 0.323. The van der Waals surface area contributed by atoms with Crippen LogP contribution >= 0.6 is 0 Å². The Kier molecular flexibility index (Phi) is 3.93. The molecule has 1 saturated carbocycles. The summed E-state index contributed by atoms with van der Waals surface area (Å²) < 4.78 is 0. The summed E-state index contributed by atoms with van der Waals surface area (Å²) in [6.45, 7) is 5.06. The zero-order valence-electron chi connectivity index (χ0n) is 9.41. The maximum Gasteiger partial charge on any atom is 0.311 e. The Labute approximate surface area is 94.3 Å². The first kappa shape index (κ1) is 12.5. The Balaban J connectivity index is 2.86. The van der Waals surface area contributed by atoms with Gasteiger partial charge in [0, 0.05) is 10.7 Å². The fraction of sp³-hybridized carbons (Fsp3) is 0.636. The number of carbonyl (C=O) groups excluding carboxylic acids is 2. The first-order valence-corrected chi connectivity index (χ1v) is 5.38. The second-order valence-electron chi connectivity index (χ2n) is 4.27. The van der Waals surface area contributed by atoms with E-state index in [1.807, 2.05) is 0 Å². The Morgan fingerprint density at radius 1 is 1.25 bits per heavy atom. The van der Waals surface area contributed by atoms with Crippen molar-refractivity contribution in [1.82, 2.24) is 5.32 Å². The van der Waals surface area contributed by atoms with Crippen LogP contribution in [0.15, 0.2) is 17.3 Å². The molecule has 0 unspecified atom stereocenters. The van der Waals surface area contributed by atoms with Gasteiger partial charge in [-0.2, -0.15) is 0 Å². The zero-order valence-corrected chi connectivity index (χ0v) is 9.41. The van der Waals surface area contributed by atoms with E-state index in [0.717, 1.165) is 19.3 Å². The first-order valence-electron chi connectivity index (χ1n) is 5.38. The van der Waals surface area contributed by atoms with Gasteiger partial charge in [0.25, 0.3) is 0 Å². The Hall–Kier alpha value is -1.52. The number of amides is 2. The first-order chi connectivity index (χ1) is 7.52. The van der Waals surface area contributed by atoms with Crippen molar-refractivity contribution in [2.24, 2.45) is 5.18 Å². The molecule has 1 aliphatic rings. The molecule has 0 radical (unpaired) electrons. The highest BCUT2D eigenvalue weighted by Gasteiger charge is 2.41. The maximum atomic E-state index is 11.5. The minimum Gasteiger partial charge on any atom is -0.338 e. The van der Waals surface area contributed by atoms with Gasteiger partial charge in [-0.05, 0) is 19.8 Å². The zero-order chi connectivity index (χ0) is 12.2. The van der Waals surface area contributed by atoms with E-state index in [-0.39, 0.29) is 5.91 Å². The van der Waals surface area contributed by atoms with Crippen LogP contribution in [0.5, 0.6) is 0 Å². The number of nitrogens with one attached hydrogen (secondary N) is 1. The molecule has 0 aromatic heterocycles. The number of nitrogens with zero attached hydrogens (tertiary/aromatic N) is 1. The van der Waals surface area contributed by atoms with Crippen LogP contribution in [0.2, 0.25) is 0 Å². The summed E-state index contributed by atoms with van der Waals surface area (Å²) in [5.74, 6) is -1.17. The van der Waals surface area contributed by atoms with E-state index < -0.39 is 11.4 Å². The van der Waals surface area contributed by atoms with Crippen molar-refractivity contribution in [1.29, 1.82) is 0 Å². The smallest absolute Gasteiger partial charge is 0.311 e. The summed E-state index contributed by atoms with van der Waals surface area (Å²) in [6.07, 6.45) is 3.61. The molecule has 0 saturated heterocycles. The highest BCUT2D eigenvalue weighted by atomic mass is 16.3. The molecular weight excluding hydrogens is 208 g/mol. The number of rotatable bonds is 3. The van der Waals surface area contributed by atoms with Crippen molar-refractivity contribution in [3.63, 3.8) is 0 Å². The summed E-state index contributed by atoms with van der Waals surface area (Å²) in [7, 11) is 0. The molecule has 0 heterocycles. The summed E-state index contributed by atoms with van der Waals surface area (Å²) >= 11 is 0.